The molecular weight excluding hydrogens is 373 g/mol. The Morgan fingerprint density at radius 2 is 1.72 bits per heavy atom. The third kappa shape index (κ3) is 4.99. The second-order valence-corrected chi connectivity index (χ2v) is 7.06. The maximum atomic E-state index is 13.6. The van der Waals surface area contributed by atoms with E-state index in [0.29, 0.717) is 6.54 Å². The summed E-state index contributed by atoms with van der Waals surface area (Å²) in [6, 6.07) is 15.3. The summed E-state index contributed by atoms with van der Waals surface area (Å²) in [5.41, 5.74) is 0.989. The number of halogens is 1. The first-order valence-corrected chi connectivity index (χ1v) is 9.62. The Kier molecular flexibility index (Phi) is 6.59. The number of hydrogen-bond donors (Lipinski definition) is 2. The van der Waals surface area contributed by atoms with Crippen LogP contribution in [0.5, 0.6) is 0 Å². The van der Waals surface area contributed by atoms with Gasteiger partial charge in [-0.15, -0.1) is 0 Å². The third-order valence-electron chi connectivity index (χ3n) is 5.11. The molecule has 1 aliphatic rings. The molecular formula is C22H24FN3O3. The number of carbonyl (C=O) groups excluding carboxylic acids is 3. The van der Waals surface area contributed by atoms with Crippen molar-refractivity contribution in [3.05, 3.63) is 71.5 Å². The first-order chi connectivity index (χ1) is 14.0. The molecule has 0 spiro atoms. The maximum absolute atomic E-state index is 13.6. The van der Waals surface area contributed by atoms with Crippen molar-refractivity contribution in [2.45, 2.75) is 19.4 Å². The topological polar surface area (TPSA) is 78.5 Å². The summed E-state index contributed by atoms with van der Waals surface area (Å²) >= 11 is 0. The van der Waals surface area contributed by atoms with E-state index in [4.69, 9.17) is 0 Å². The van der Waals surface area contributed by atoms with Crippen LogP contribution < -0.4 is 10.6 Å². The third-order valence-corrected chi connectivity index (χ3v) is 5.11. The van der Waals surface area contributed by atoms with E-state index in [1.54, 1.807) is 11.0 Å². The SMILES string of the molecule is CC(c1ccccc1)N1CC(C(=O)NCCNC(=O)c2ccccc2F)CC1=O. The highest BCUT2D eigenvalue weighted by atomic mass is 19.1. The van der Waals surface area contributed by atoms with E-state index in [-0.39, 0.29) is 42.9 Å². The van der Waals surface area contributed by atoms with Gasteiger partial charge in [0.25, 0.3) is 5.91 Å². The fourth-order valence-electron chi connectivity index (χ4n) is 3.44. The molecule has 0 bridgehead atoms. The van der Waals surface area contributed by atoms with Gasteiger partial charge in [0.1, 0.15) is 5.82 Å². The first kappa shape index (κ1) is 20.5. The highest BCUT2D eigenvalue weighted by Gasteiger charge is 2.36. The van der Waals surface area contributed by atoms with Crippen molar-refractivity contribution < 1.29 is 18.8 Å². The molecule has 1 aliphatic heterocycles. The van der Waals surface area contributed by atoms with Crippen LogP contribution >= 0.6 is 0 Å². The van der Waals surface area contributed by atoms with Crippen molar-refractivity contribution in [3.8, 4) is 0 Å². The van der Waals surface area contributed by atoms with Crippen LogP contribution in [-0.2, 0) is 9.59 Å². The van der Waals surface area contributed by atoms with Gasteiger partial charge >= 0.3 is 0 Å². The lowest BCUT2D eigenvalue weighted by Gasteiger charge is -2.25. The number of rotatable bonds is 7. The van der Waals surface area contributed by atoms with Gasteiger partial charge in [-0.3, -0.25) is 14.4 Å². The van der Waals surface area contributed by atoms with Crippen LogP contribution in [0.15, 0.2) is 54.6 Å². The largest absolute Gasteiger partial charge is 0.354 e. The summed E-state index contributed by atoms with van der Waals surface area (Å²) in [7, 11) is 0. The Balaban J connectivity index is 1.45. The van der Waals surface area contributed by atoms with Crippen molar-refractivity contribution >= 4 is 17.7 Å². The average Bonchev–Trinajstić information content (AvgIpc) is 3.13. The quantitative estimate of drug-likeness (QED) is 0.704. The predicted molar refractivity (Wildman–Crippen MR) is 106 cm³/mol. The number of hydrogen-bond acceptors (Lipinski definition) is 3. The molecule has 152 valence electrons. The van der Waals surface area contributed by atoms with E-state index in [2.05, 4.69) is 10.6 Å². The van der Waals surface area contributed by atoms with Gasteiger partial charge in [-0.05, 0) is 24.6 Å². The summed E-state index contributed by atoms with van der Waals surface area (Å²) in [5.74, 6) is -1.81. The molecule has 0 saturated carbocycles. The lowest BCUT2D eigenvalue weighted by molar-refractivity contribution is -0.130. The standard InChI is InChI=1S/C22H24FN3O3/c1-15(16-7-3-2-4-8-16)26-14-17(13-20(26)27)21(28)24-11-12-25-22(29)18-9-5-6-10-19(18)23/h2-10,15,17H,11-14H2,1H3,(H,24,28)(H,25,29). The molecule has 0 radical (unpaired) electrons. The van der Waals surface area contributed by atoms with Crippen LogP contribution in [0.2, 0.25) is 0 Å². The average molecular weight is 397 g/mol. The minimum Gasteiger partial charge on any atom is -0.354 e. The molecule has 2 N–H and O–H groups in total. The summed E-state index contributed by atoms with van der Waals surface area (Å²) in [6.45, 7) is 2.69. The first-order valence-electron chi connectivity index (χ1n) is 9.62. The van der Waals surface area contributed by atoms with Crippen molar-refractivity contribution in [3.63, 3.8) is 0 Å². The van der Waals surface area contributed by atoms with Gasteiger partial charge in [0, 0.05) is 26.1 Å². The summed E-state index contributed by atoms with van der Waals surface area (Å²) < 4.78 is 13.6. The number of carbonyl (C=O) groups is 3. The molecule has 2 aromatic rings. The molecule has 6 nitrogen and oxygen atoms in total. The van der Waals surface area contributed by atoms with Crippen molar-refractivity contribution in [2.75, 3.05) is 19.6 Å². The number of likely N-dealkylation sites (tertiary alicyclic amines) is 1. The second kappa shape index (κ2) is 9.32. The highest BCUT2D eigenvalue weighted by molar-refractivity contribution is 5.94. The van der Waals surface area contributed by atoms with Gasteiger partial charge in [-0.2, -0.15) is 0 Å². The Labute approximate surface area is 169 Å². The van der Waals surface area contributed by atoms with Gasteiger partial charge in [0.2, 0.25) is 11.8 Å². The van der Waals surface area contributed by atoms with Crippen LogP contribution in [0.4, 0.5) is 4.39 Å². The Morgan fingerprint density at radius 1 is 1.07 bits per heavy atom. The zero-order chi connectivity index (χ0) is 20.8. The highest BCUT2D eigenvalue weighted by Crippen LogP contribution is 2.28. The molecule has 3 rings (SSSR count). The van der Waals surface area contributed by atoms with Crippen molar-refractivity contribution in [2.24, 2.45) is 5.92 Å². The molecule has 0 aliphatic carbocycles. The van der Waals surface area contributed by atoms with Gasteiger partial charge in [-0.25, -0.2) is 4.39 Å². The minimum absolute atomic E-state index is 0.0363. The Hall–Kier alpha value is -3.22. The predicted octanol–water partition coefficient (Wildman–Crippen LogP) is 2.28. The van der Waals surface area contributed by atoms with E-state index in [1.165, 1.54) is 18.2 Å². The van der Waals surface area contributed by atoms with E-state index in [0.717, 1.165) is 5.56 Å². The van der Waals surface area contributed by atoms with E-state index in [9.17, 15) is 18.8 Å². The smallest absolute Gasteiger partial charge is 0.254 e. The molecule has 1 heterocycles. The molecule has 2 unspecified atom stereocenters. The van der Waals surface area contributed by atoms with E-state index >= 15 is 0 Å². The molecule has 2 aromatic carbocycles. The summed E-state index contributed by atoms with van der Waals surface area (Å²) in [6.07, 6.45) is 0.171. The fourth-order valence-corrected chi connectivity index (χ4v) is 3.44. The molecule has 3 amide bonds. The maximum Gasteiger partial charge on any atom is 0.254 e. The summed E-state index contributed by atoms with van der Waals surface area (Å²) in [4.78, 5) is 38.4. The lowest BCUT2D eigenvalue weighted by Crippen LogP contribution is -2.38. The molecule has 1 fully saturated rings. The van der Waals surface area contributed by atoms with Gasteiger partial charge in [-0.1, -0.05) is 42.5 Å². The monoisotopic (exact) mass is 397 g/mol. The zero-order valence-corrected chi connectivity index (χ0v) is 16.2. The zero-order valence-electron chi connectivity index (χ0n) is 16.2. The molecule has 1 saturated heterocycles. The number of benzene rings is 2. The van der Waals surface area contributed by atoms with E-state index in [1.807, 2.05) is 37.3 Å². The molecule has 0 aromatic heterocycles. The fraction of sp³-hybridized carbons (Fsp3) is 0.318. The number of nitrogens with one attached hydrogen (secondary N) is 2. The van der Waals surface area contributed by atoms with Gasteiger partial charge < -0.3 is 15.5 Å². The van der Waals surface area contributed by atoms with E-state index < -0.39 is 17.6 Å². The Bertz CT molecular complexity index is 888. The lowest BCUT2D eigenvalue weighted by atomic mass is 10.1. The van der Waals surface area contributed by atoms with Crippen molar-refractivity contribution in [1.29, 1.82) is 0 Å². The minimum atomic E-state index is -0.592. The second-order valence-electron chi connectivity index (χ2n) is 7.06. The molecule has 2 atom stereocenters. The normalized spacial score (nSPS) is 17.1. The Morgan fingerprint density at radius 3 is 2.45 bits per heavy atom. The van der Waals surface area contributed by atoms with Gasteiger partial charge in [0.15, 0.2) is 0 Å². The van der Waals surface area contributed by atoms with Crippen LogP contribution in [-0.4, -0.2) is 42.3 Å². The van der Waals surface area contributed by atoms with Crippen LogP contribution in [0, 0.1) is 11.7 Å². The van der Waals surface area contributed by atoms with Crippen molar-refractivity contribution in [1.82, 2.24) is 15.5 Å². The molecule has 7 heteroatoms. The number of nitrogens with zero attached hydrogens (tertiary/aromatic N) is 1. The number of amides is 3. The molecule has 29 heavy (non-hydrogen) atoms. The van der Waals surface area contributed by atoms with Crippen LogP contribution in [0.25, 0.3) is 0 Å². The summed E-state index contributed by atoms with van der Waals surface area (Å²) in [5, 5.41) is 5.31. The van der Waals surface area contributed by atoms with Crippen LogP contribution in [0.3, 0.4) is 0 Å². The van der Waals surface area contributed by atoms with Crippen LogP contribution in [0.1, 0.15) is 35.3 Å². The van der Waals surface area contributed by atoms with Gasteiger partial charge in [0.05, 0.1) is 17.5 Å².